The monoisotopic (exact) mass is 536 g/mol. The quantitative estimate of drug-likeness (QED) is 0.451. The van der Waals surface area contributed by atoms with E-state index in [4.69, 9.17) is 10.5 Å². The Morgan fingerprint density at radius 3 is 2.67 bits per heavy atom. The fourth-order valence-corrected chi connectivity index (χ4v) is 5.54. The molecule has 3 N–H and O–H groups in total. The van der Waals surface area contributed by atoms with E-state index in [1.54, 1.807) is 25.1 Å². The zero-order chi connectivity index (χ0) is 25.3. The molecule has 0 unspecified atom stereocenters. The molecule has 2 aromatic carbocycles. The van der Waals surface area contributed by atoms with E-state index in [1.165, 1.54) is 30.2 Å². The van der Waals surface area contributed by atoms with E-state index >= 15 is 0 Å². The zero-order valence-corrected chi connectivity index (χ0v) is 21.3. The number of fused-ring (bicyclic) bond motifs is 1. The number of nitrogens with one attached hydrogen (secondary N) is 1. The minimum Gasteiger partial charge on any atom is -0.494 e. The number of anilines is 2. The maximum Gasteiger partial charge on any atom is 0.253 e. The molecule has 1 saturated heterocycles. The zero-order valence-electron chi connectivity index (χ0n) is 19.7. The molecule has 0 saturated carbocycles. The summed E-state index contributed by atoms with van der Waals surface area (Å²) in [6, 6.07) is 9.19. The molecule has 192 valence electrons. The molecule has 2 heterocycles. The van der Waals surface area contributed by atoms with Gasteiger partial charge in [0.1, 0.15) is 5.56 Å². The highest BCUT2D eigenvalue weighted by atomic mass is 35.5. The number of sulfone groups is 1. The standard InChI is InChI=1S/C24H25FN4O5S.ClH/c1-14-5-3-6-16-21(14)28-24(35(32,33)12-11-29-10-4-7-19(29)30)20(23(26)31)22(16)27-15-8-9-17(25)18(13-15)34-2;/h3,5-6,8-9,13H,4,7,10-12H2,1-2H3,(H2,26,31)(H,27,28);1H. The predicted molar refractivity (Wildman–Crippen MR) is 136 cm³/mol. The average Bonchev–Trinajstić information content (AvgIpc) is 3.23. The number of ether oxygens (including phenoxy) is 1. The second kappa shape index (κ2) is 10.7. The van der Waals surface area contributed by atoms with Gasteiger partial charge >= 0.3 is 0 Å². The van der Waals surface area contributed by atoms with Crippen molar-refractivity contribution >= 4 is 56.3 Å². The van der Waals surface area contributed by atoms with Crippen LogP contribution in [0.1, 0.15) is 28.8 Å². The molecule has 1 aromatic heterocycles. The van der Waals surface area contributed by atoms with Crippen molar-refractivity contribution in [3.8, 4) is 5.75 Å². The number of nitrogens with zero attached hydrogens (tertiary/aromatic N) is 2. The number of aromatic nitrogens is 1. The predicted octanol–water partition coefficient (Wildman–Crippen LogP) is 3.35. The summed E-state index contributed by atoms with van der Waals surface area (Å²) in [4.78, 5) is 30.4. The van der Waals surface area contributed by atoms with Gasteiger partial charge in [0, 0.05) is 36.7 Å². The van der Waals surface area contributed by atoms with Crippen LogP contribution in [0.5, 0.6) is 5.75 Å². The molecule has 2 amide bonds. The Morgan fingerprint density at radius 1 is 1.28 bits per heavy atom. The first-order valence-corrected chi connectivity index (χ1v) is 12.6. The summed E-state index contributed by atoms with van der Waals surface area (Å²) in [5, 5.41) is 3.03. The second-order valence-electron chi connectivity index (χ2n) is 8.28. The average molecular weight is 537 g/mol. The van der Waals surface area contributed by atoms with Crippen molar-refractivity contribution in [3.05, 3.63) is 53.3 Å². The topological polar surface area (TPSA) is 132 Å². The Bertz CT molecular complexity index is 1450. The molecule has 1 fully saturated rings. The van der Waals surface area contributed by atoms with Gasteiger partial charge in [-0.2, -0.15) is 0 Å². The minimum atomic E-state index is -4.12. The largest absolute Gasteiger partial charge is 0.494 e. The maximum atomic E-state index is 13.9. The molecule has 0 bridgehead atoms. The van der Waals surface area contributed by atoms with Crippen molar-refractivity contribution in [1.82, 2.24) is 9.88 Å². The number of carbonyl (C=O) groups excluding carboxylic acids is 2. The summed E-state index contributed by atoms with van der Waals surface area (Å²) in [6.45, 7) is 2.24. The SMILES string of the molecule is COc1cc(Nc2c(C(N)=O)c(S(=O)(=O)CCN3CCCC3=O)nc3c(C)cccc23)ccc1F.Cl. The number of benzene rings is 2. The van der Waals surface area contributed by atoms with Gasteiger partial charge in [-0.15, -0.1) is 12.4 Å². The summed E-state index contributed by atoms with van der Waals surface area (Å²) < 4.78 is 45.8. The van der Waals surface area contributed by atoms with Crippen LogP contribution in [0.4, 0.5) is 15.8 Å². The Morgan fingerprint density at radius 2 is 2.03 bits per heavy atom. The van der Waals surface area contributed by atoms with Gasteiger partial charge in [-0.05, 0) is 31.0 Å². The molecule has 4 rings (SSSR count). The third-order valence-corrected chi connectivity index (χ3v) is 7.55. The van der Waals surface area contributed by atoms with Gasteiger partial charge in [0.05, 0.1) is 24.1 Å². The second-order valence-corrected chi connectivity index (χ2v) is 10.3. The molecule has 1 aliphatic heterocycles. The van der Waals surface area contributed by atoms with Crippen LogP contribution in [-0.2, 0) is 14.6 Å². The Balaban J connectivity index is 0.00000361. The minimum absolute atomic E-state index is 0. The van der Waals surface area contributed by atoms with Crippen molar-refractivity contribution in [3.63, 3.8) is 0 Å². The number of para-hydroxylation sites is 1. The van der Waals surface area contributed by atoms with Crippen LogP contribution >= 0.6 is 12.4 Å². The lowest BCUT2D eigenvalue weighted by Gasteiger charge is -2.19. The number of rotatable bonds is 8. The van der Waals surface area contributed by atoms with Crippen molar-refractivity contribution in [2.24, 2.45) is 5.73 Å². The highest BCUT2D eigenvalue weighted by Crippen LogP contribution is 2.35. The molecule has 1 aliphatic rings. The van der Waals surface area contributed by atoms with Crippen LogP contribution in [0.2, 0.25) is 0 Å². The van der Waals surface area contributed by atoms with Gasteiger partial charge in [0.15, 0.2) is 26.4 Å². The molecule has 36 heavy (non-hydrogen) atoms. The highest BCUT2D eigenvalue weighted by Gasteiger charge is 2.30. The lowest BCUT2D eigenvalue weighted by atomic mass is 10.1. The summed E-state index contributed by atoms with van der Waals surface area (Å²) in [6.07, 6.45) is 1.06. The molecule has 9 nitrogen and oxygen atoms in total. The smallest absolute Gasteiger partial charge is 0.253 e. The van der Waals surface area contributed by atoms with E-state index in [9.17, 15) is 22.4 Å². The molecule has 12 heteroatoms. The first-order valence-electron chi connectivity index (χ1n) is 11.0. The third kappa shape index (κ3) is 5.21. The van der Waals surface area contributed by atoms with E-state index in [1.807, 2.05) is 0 Å². The van der Waals surface area contributed by atoms with Crippen LogP contribution in [-0.4, -0.2) is 56.1 Å². The number of carbonyl (C=O) groups is 2. The molecule has 0 aliphatic carbocycles. The summed E-state index contributed by atoms with van der Waals surface area (Å²) in [7, 11) is -2.80. The molecular formula is C24H26ClFN4O5S. The van der Waals surface area contributed by atoms with E-state index in [2.05, 4.69) is 10.3 Å². The normalized spacial score (nSPS) is 13.5. The van der Waals surface area contributed by atoms with Gasteiger partial charge in [-0.25, -0.2) is 17.8 Å². The Kier molecular flexibility index (Phi) is 8.05. The number of aryl methyl sites for hydroxylation is 1. The van der Waals surface area contributed by atoms with Crippen molar-refractivity contribution in [2.45, 2.75) is 24.8 Å². The van der Waals surface area contributed by atoms with Crippen molar-refractivity contribution < 1.29 is 27.1 Å². The van der Waals surface area contributed by atoms with Crippen LogP contribution < -0.4 is 15.8 Å². The highest BCUT2D eigenvalue weighted by molar-refractivity contribution is 7.91. The number of hydrogen-bond acceptors (Lipinski definition) is 7. The summed E-state index contributed by atoms with van der Waals surface area (Å²) in [5.41, 5.74) is 6.91. The van der Waals surface area contributed by atoms with Gasteiger partial charge < -0.3 is 20.7 Å². The van der Waals surface area contributed by atoms with E-state index in [0.717, 1.165) is 0 Å². The van der Waals surface area contributed by atoms with Crippen LogP contribution in [0.25, 0.3) is 10.9 Å². The third-order valence-electron chi connectivity index (χ3n) is 5.95. The number of pyridine rings is 1. The lowest BCUT2D eigenvalue weighted by Crippen LogP contribution is -2.31. The summed E-state index contributed by atoms with van der Waals surface area (Å²) >= 11 is 0. The van der Waals surface area contributed by atoms with E-state index in [-0.39, 0.29) is 41.9 Å². The number of halogens is 2. The Hall–Kier alpha value is -3.44. The maximum absolute atomic E-state index is 13.9. The first-order chi connectivity index (χ1) is 16.6. The molecule has 0 spiro atoms. The van der Waals surface area contributed by atoms with Crippen molar-refractivity contribution in [1.29, 1.82) is 0 Å². The van der Waals surface area contributed by atoms with Crippen molar-refractivity contribution in [2.75, 3.05) is 31.3 Å². The van der Waals surface area contributed by atoms with Gasteiger partial charge in [0.25, 0.3) is 5.91 Å². The van der Waals surface area contributed by atoms with Crippen LogP contribution in [0.15, 0.2) is 41.4 Å². The van der Waals surface area contributed by atoms with E-state index < -0.39 is 32.3 Å². The Labute approximate surface area is 214 Å². The number of hydrogen-bond donors (Lipinski definition) is 2. The fourth-order valence-electron chi connectivity index (χ4n) is 4.14. The number of likely N-dealkylation sites (tertiary alicyclic amines) is 1. The summed E-state index contributed by atoms with van der Waals surface area (Å²) in [5.74, 6) is -2.12. The number of amides is 2. The van der Waals surface area contributed by atoms with E-state index in [0.29, 0.717) is 41.5 Å². The lowest BCUT2D eigenvalue weighted by molar-refractivity contribution is -0.127. The molecule has 0 atom stereocenters. The van der Waals surface area contributed by atoms with Crippen LogP contribution in [0.3, 0.4) is 0 Å². The van der Waals surface area contributed by atoms with Gasteiger partial charge in [-0.3, -0.25) is 9.59 Å². The molecule has 0 radical (unpaired) electrons. The number of primary amides is 1. The number of methoxy groups -OCH3 is 1. The fraction of sp³-hybridized carbons (Fsp3) is 0.292. The van der Waals surface area contributed by atoms with Gasteiger partial charge in [-0.1, -0.05) is 18.2 Å². The molecule has 3 aromatic rings. The van der Waals surface area contributed by atoms with Gasteiger partial charge in [0.2, 0.25) is 5.91 Å². The first kappa shape index (κ1) is 27.2. The number of nitrogens with two attached hydrogens (primary N) is 1. The van der Waals surface area contributed by atoms with Crippen LogP contribution in [0, 0.1) is 12.7 Å². The molecular weight excluding hydrogens is 511 g/mol.